The molecular formula is C16H24ClN3O3S. The fraction of sp³-hybridized carbons (Fsp3) is 0.562. The number of carbonyl (C=O) groups excluding carboxylic acids is 1. The normalized spacial score (nSPS) is 25.6. The Morgan fingerprint density at radius 3 is 2.46 bits per heavy atom. The minimum absolute atomic E-state index is 0. The molecule has 0 aromatic heterocycles. The molecule has 2 unspecified atom stereocenters. The largest absolute Gasteiger partial charge is 0.349 e. The first-order valence-corrected chi connectivity index (χ1v) is 9.78. The molecule has 2 heterocycles. The Hall–Kier alpha value is -1.31. The van der Waals surface area contributed by atoms with Crippen molar-refractivity contribution in [3.05, 3.63) is 29.8 Å². The van der Waals surface area contributed by atoms with Gasteiger partial charge in [-0.25, -0.2) is 8.42 Å². The minimum atomic E-state index is -3.41. The minimum Gasteiger partial charge on any atom is -0.349 e. The number of nitrogens with one attached hydrogen (secondary N) is 3. The molecule has 3 N–H and O–H groups in total. The van der Waals surface area contributed by atoms with Crippen LogP contribution in [0.2, 0.25) is 0 Å². The number of rotatable bonds is 5. The third kappa shape index (κ3) is 4.40. The quantitative estimate of drug-likeness (QED) is 0.735. The van der Waals surface area contributed by atoms with E-state index < -0.39 is 10.0 Å². The van der Waals surface area contributed by atoms with E-state index in [0.29, 0.717) is 23.3 Å². The van der Waals surface area contributed by atoms with Gasteiger partial charge in [-0.3, -0.25) is 9.52 Å². The lowest BCUT2D eigenvalue weighted by Crippen LogP contribution is -2.48. The molecule has 1 aromatic rings. The highest BCUT2D eigenvalue weighted by Gasteiger charge is 2.34. The molecule has 0 saturated carbocycles. The maximum absolute atomic E-state index is 12.6. The number of carbonyl (C=O) groups is 1. The van der Waals surface area contributed by atoms with Crippen molar-refractivity contribution in [3.63, 3.8) is 0 Å². The van der Waals surface area contributed by atoms with Gasteiger partial charge in [-0.15, -0.1) is 12.4 Å². The molecule has 6 nitrogen and oxygen atoms in total. The molecule has 1 aromatic carbocycles. The van der Waals surface area contributed by atoms with Crippen LogP contribution < -0.4 is 15.4 Å². The average Bonchev–Trinajstić information content (AvgIpc) is 2.86. The number of benzene rings is 1. The first-order chi connectivity index (χ1) is 11.0. The number of hydrogen-bond donors (Lipinski definition) is 3. The summed E-state index contributed by atoms with van der Waals surface area (Å²) in [5.74, 6) is -0.244. The lowest BCUT2D eigenvalue weighted by molar-refractivity contribution is 0.0925. The van der Waals surface area contributed by atoms with Gasteiger partial charge in [0.05, 0.1) is 17.0 Å². The van der Waals surface area contributed by atoms with Crippen LogP contribution in [-0.4, -0.2) is 38.2 Å². The van der Waals surface area contributed by atoms with Crippen molar-refractivity contribution in [2.75, 3.05) is 10.5 Å². The molecule has 2 atom stereocenters. The number of sulfonamides is 1. The van der Waals surface area contributed by atoms with Crippen molar-refractivity contribution in [2.45, 2.75) is 50.7 Å². The second kappa shape index (κ2) is 7.72. The van der Waals surface area contributed by atoms with Crippen LogP contribution in [0, 0.1) is 0 Å². The molecule has 2 aliphatic rings. The van der Waals surface area contributed by atoms with Crippen LogP contribution in [0.3, 0.4) is 0 Å². The summed E-state index contributed by atoms with van der Waals surface area (Å²) < 4.78 is 26.0. The van der Waals surface area contributed by atoms with E-state index in [1.807, 2.05) is 0 Å². The van der Waals surface area contributed by atoms with Gasteiger partial charge in [-0.05, 0) is 44.7 Å². The van der Waals surface area contributed by atoms with Crippen LogP contribution in [0.15, 0.2) is 24.3 Å². The van der Waals surface area contributed by atoms with Crippen molar-refractivity contribution < 1.29 is 13.2 Å². The molecule has 2 aliphatic heterocycles. The van der Waals surface area contributed by atoms with Gasteiger partial charge in [0.1, 0.15) is 0 Å². The van der Waals surface area contributed by atoms with E-state index in [1.165, 1.54) is 12.8 Å². The van der Waals surface area contributed by atoms with Gasteiger partial charge in [-0.1, -0.05) is 12.1 Å². The Morgan fingerprint density at radius 1 is 1.21 bits per heavy atom. The predicted octanol–water partition coefficient (Wildman–Crippen LogP) is 1.88. The van der Waals surface area contributed by atoms with Crippen molar-refractivity contribution in [3.8, 4) is 0 Å². The standard InChI is InChI=1S/C16H23N3O3S.ClH/c1-2-23(21,22)19-15-6-4-3-5-14(15)16(20)18-13-9-11-7-8-12(10-13)17-11;/h3-6,11-13,17,19H,2,7-10H2,1H3,(H,18,20);1H. The topological polar surface area (TPSA) is 87.3 Å². The number of amides is 1. The van der Waals surface area contributed by atoms with Crippen molar-refractivity contribution >= 4 is 34.0 Å². The lowest BCUT2D eigenvalue weighted by atomic mass is 9.99. The Bertz CT molecular complexity index is 684. The fourth-order valence-electron chi connectivity index (χ4n) is 3.45. The zero-order valence-electron chi connectivity index (χ0n) is 13.6. The summed E-state index contributed by atoms with van der Waals surface area (Å²) in [7, 11) is -3.41. The van der Waals surface area contributed by atoms with E-state index in [4.69, 9.17) is 0 Å². The summed E-state index contributed by atoms with van der Waals surface area (Å²) in [6, 6.07) is 7.87. The summed E-state index contributed by atoms with van der Waals surface area (Å²) in [6.45, 7) is 1.57. The second-order valence-corrected chi connectivity index (χ2v) is 8.34. The molecule has 2 saturated heterocycles. The van der Waals surface area contributed by atoms with Crippen molar-refractivity contribution in [1.82, 2.24) is 10.6 Å². The van der Waals surface area contributed by atoms with Gasteiger partial charge in [0.25, 0.3) is 5.91 Å². The molecule has 3 rings (SSSR count). The molecular weight excluding hydrogens is 350 g/mol. The SMILES string of the molecule is CCS(=O)(=O)Nc1ccccc1C(=O)NC1CC2CCC(C1)N2.Cl. The number of para-hydroxylation sites is 1. The van der Waals surface area contributed by atoms with E-state index in [1.54, 1.807) is 31.2 Å². The number of piperidine rings is 1. The van der Waals surface area contributed by atoms with Gasteiger partial charge in [0, 0.05) is 18.1 Å². The molecule has 134 valence electrons. The first kappa shape index (κ1) is 19.0. The molecule has 24 heavy (non-hydrogen) atoms. The summed E-state index contributed by atoms with van der Waals surface area (Å²) in [5, 5.41) is 6.61. The van der Waals surface area contributed by atoms with Gasteiger partial charge >= 0.3 is 0 Å². The van der Waals surface area contributed by atoms with Crippen molar-refractivity contribution in [1.29, 1.82) is 0 Å². The number of anilines is 1. The molecule has 1 amide bonds. The Morgan fingerprint density at radius 2 is 1.83 bits per heavy atom. The highest BCUT2D eigenvalue weighted by Crippen LogP contribution is 2.27. The van der Waals surface area contributed by atoms with Gasteiger partial charge < -0.3 is 10.6 Å². The number of halogens is 1. The van der Waals surface area contributed by atoms with Gasteiger partial charge in [-0.2, -0.15) is 0 Å². The van der Waals surface area contributed by atoms with Crippen LogP contribution >= 0.6 is 12.4 Å². The maximum Gasteiger partial charge on any atom is 0.253 e. The highest BCUT2D eigenvalue weighted by molar-refractivity contribution is 7.92. The zero-order valence-corrected chi connectivity index (χ0v) is 15.3. The summed E-state index contributed by atoms with van der Waals surface area (Å²) in [4.78, 5) is 12.6. The van der Waals surface area contributed by atoms with E-state index in [-0.39, 0.29) is 30.1 Å². The van der Waals surface area contributed by atoms with E-state index in [0.717, 1.165) is 12.8 Å². The molecule has 0 aliphatic carbocycles. The molecule has 2 fully saturated rings. The first-order valence-electron chi connectivity index (χ1n) is 8.13. The van der Waals surface area contributed by atoms with Crippen LogP contribution in [0.5, 0.6) is 0 Å². The van der Waals surface area contributed by atoms with Crippen LogP contribution in [-0.2, 0) is 10.0 Å². The van der Waals surface area contributed by atoms with Crippen molar-refractivity contribution in [2.24, 2.45) is 0 Å². The Labute approximate surface area is 149 Å². The van der Waals surface area contributed by atoms with E-state index in [2.05, 4.69) is 15.4 Å². The van der Waals surface area contributed by atoms with Crippen LogP contribution in [0.4, 0.5) is 5.69 Å². The summed E-state index contributed by atoms with van der Waals surface area (Å²) >= 11 is 0. The zero-order chi connectivity index (χ0) is 16.4. The average molecular weight is 374 g/mol. The molecule has 8 heteroatoms. The fourth-order valence-corrected chi connectivity index (χ4v) is 4.11. The smallest absolute Gasteiger partial charge is 0.253 e. The number of hydrogen-bond acceptors (Lipinski definition) is 4. The monoisotopic (exact) mass is 373 g/mol. The Balaban J connectivity index is 0.00000208. The highest BCUT2D eigenvalue weighted by atomic mass is 35.5. The maximum atomic E-state index is 12.6. The molecule has 2 bridgehead atoms. The molecule has 0 radical (unpaired) electrons. The molecule has 0 spiro atoms. The van der Waals surface area contributed by atoms with Crippen LogP contribution in [0.25, 0.3) is 0 Å². The van der Waals surface area contributed by atoms with Crippen LogP contribution in [0.1, 0.15) is 43.0 Å². The van der Waals surface area contributed by atoms with E-state index in [9.17, 15) is 13.2 Å². The predicted molar refractivity (Wildman–Crippen MR) is 97.2 cm³/mol. The summed E-state index contributed by atoms with van der Waals surface area (Å²) in [5.41, 5.74) is 0.708. The summed E-state index contributed by atoms with van der Waals surface area (Å²) in [6.07, 6.45) is 4.21. The second-order valence-electron chi connectivity index (χ2n) is 6.33. The lowest BCUT2D eigenvalue weighted by Gasteiger charge is -2.29. The number of fused-ring (bicyclic) bond motifs is 2. The van der Waals surface area contributed by atoms with Gasteiger partial charge in [0.2, 0.25) is 10.0 Å². The third-order valence-corrected chi connectivity index (χ3v) is 5.92. The third-order valence-electron chi connectivity index (χ3n) is 4.63. The Kier molecular flexibility index (Phi) is 6.11. The van der Waals surface area contributed by atoms with Gasteiger partial charge in [0.15, 0.2) is 0 Å². The van der Waals surface area contributed by atoms with E-state index >= 15 is 0 Å².